The van der Waals surface area contributed by atoms with Crippen LogP contribution >= 0.6 is 0 Å². The van der Waals surface area contributed by atoms with Crippen LogP contribution in [0.4, 0.5) is 0 Å². The molecule has 0 radical (unpaired) electrons. The van der Waals surface area contributed by atoms with Crippen LogP contribution in [0.1, 0.15) is 12.8 Å². The van der Waals surface area contributed by atoms with Crippen LogP contribution in [0, 0.1) is 11.3 Å². The number of carbonyl (C=O) groups is 1. The van der Waals surface area contributed by atoms with E-state index in [1.165, 1.54) is 6.08 Å². The molecular formula is C6H6N2O. The standard InChI is InChI=1S/C6H6N2O/c7-4-3-5-1-2-6(9)8-5/h3H,1-2H2,(H,8,9). The molecule has 0 aliphatic carbocycles. The van der Waals surface area contributed by atoms with E-state index in [1.807, 2.05) is 6.07 Å². The zero-order chi connectivity index (χ0) is 6.69. The van der Waals surface area contributed by atoms with E-state index in [0.717, 1.165) is 5.70 Å². The first kappa shape index (κ1) is 5.83. The lowest BCUT2D eigenvalue weighted by Gasteiger charge is -1.88. The van der Waals surface area contributed by atoms with E-state index in [-0.39, 0.29) is 5.91 Å². The first-order valence-electron chi connectivity index (χ1n) is 2.71. The molecule has 9 heavy (non-hydrogen) atoms. The second-order valence-electron chi connectivity index (χ2n) is 1.85. The van der Waals surface area contributed by atoms with Gasteiger partial charge in [0.1, 0.15) is 0 Å². The summed E-state index contributed by atoms with van der Waals surface area (Å²) in [5.41, 5.74) is 0.738. The second-order valence-corrected chi connectivity index (χ2v) is 1.85. The third-order valence-electron chi connectivity index (χ3n) is 1.16. The van der Waals surface area contributed by atoms with Gasteiger partial charge >= 0.3 is 0 Å². The maximum Gasteiger partial charge on any atom is 0.224 e. The van der Waals surface area contributed by atoms with Gasteiger partial charge in [-0.2, -0.15) is 5.26 Å². The smallest absolute Gasteiger partial charge is 0.224 e. The maximum atomic E-state index is 10.5. The topological polar surface area (TPSA) is 52.9 Å². The van der Waals surface area contributed by atoms with Crippen LogP contribution in [0.5, 0.6) is 0 Å². The lowest BCUT2D eigenvalue weighted by atomic mass is 10.3. The third-order valence-corrected chi connectivity index (χ3v) is 1.16. The van der Waals surface area contributed by atoms with Gasteiger partial charge in [-0.25, -0.2) is 0 Å². The van der Waals surface area contributed by atoms with Crippen LogP contribution in [0.25, 0.3) is 0 Å². The number of nitrogens with zero attached hydrogens (tertiary/aromatic N) is 1. The van der Waals surface area contributed by atoms with Gasteiger partial charge in [0.15, 0.2) is 0 Å². The molecule has 1 saturated heterocycles. The summed E-state index contributed by atoms with van der Waals surface area (Å²) in [6.45, 7) is 0. The number of amides is 1. The van der Waals surface area contributed by atoms with Gasteiger partial charge in [-0.05, 0) is 6.42 Å². The highest BCUT2D eigenvalue weighted by Crippen LogP contribution is 2.08. The van der Waals surface area contributed by atoms with Crippen molar-refractivity contribution in [1.82, 2.24) is 5.32 Å². The summed E-state index contributed by atoms with van der Waals surface area (Å²) in [6, 6.07) is 1.85. The largest absolute Gasteiger partial charge is 0.329 e. The van der Waals surface area contributed by atoms with Crippen LogP contribution in [-0.4, -0.2) is 5.91 Å². The highest BCUT2D eigenvalue weighted by Gasteiger charge is 2.12. The Morgan fingerprint density at radius 1 is 1.67 bits per heavy atom. The van der Waals surface area contributed by atoms with Crippen molar-refractivity contribution in [3.05, 3.63) is 11.8 Å². The highest BCUT2D eigenvalue weighted by atomic mass is 16.1. The van der Waals surface area contributed by atoms with Crippen molar-refractivity contribution in [3.8, 4) is 6.07 Å². The lowest BCUT2D eigenvalue weighted by molar-refractivity contribution is -0.118. The van der Waals surface area contributed by atoms with Gasteiger partial charge in [0.2, 0.25) is 5.91 Å². The van der Waals surface area contributed by atoms with Crippen molar-refractivity contribution in [2.24, 2.45) is 0 Å². The number of rotatable bonds is 0. The maximum absolute atomic E-state index is 10.5. The van der Waals surface area contributed by atoms with Crippen LogP contribution in [-0.2, 0) is 4.79 Å². The van der Waals surface area contributed by atoms with Gasteiger partial charge in [-0.15, -0.1) is 0 Å². The van der Waals surface area contributed by atoms with Gasteiger partial charge in [-0.3, -0.25) is 4.79 Å². The predicted molar refractivity (Wildman–Crippen MR) is 31.1 cm³/mol. The molecular weight excluding hydrogens is 116 g/mol. The van der Waals surface area contributed by atoms with Gasteiger partial charge < -0.3 is 5.32 Å². The SMILES string of the molecule is N#CC=C1CCC(=O)N1. The minimum atomic E-state index is 0.0106. The van der Waals surface area contributed by atoms with Crippen molar-refractivity contribution in [2.45, 2.75) is 12.8 Å². The van der Waals surface area contributed by atoms with Gasteiger partial charge in [-0.1, -0.05) is 0 Å². The van der Waals surface area contributed by atoms with Crippen molar-refractivity contribution >= 4 is 5.91 Å². The molecule has 1 N–H and O–H groups in total. The molecule has 0 atom stereocenters. The number of allylic oxidation sites excluding steroid dienone is 2. The van der Waals surface area contributed by atoms with Crippen molar-refractivity contribution < 1.29 is 4.79 Å². The summed E-state index contributed by atoms with van der Waals surface area (Å²) in [5.74, 6) is 0.0106. The first-order chi connectivity index (χ1) is 4.33. The Morgan fingerprint density at radius 3 is 2.89 bits per heavy atom. The molecule has 1 aliphatic heterocycles. The van der Waals surface area contributed by atoms with Crippen molar-refractivity contribution in [2.75, 3.05) is 0 Å². The predicted octanol–water partition coefficient (Wildman–Crippen LogP) is 0.304. The molecule has 1 aliphatic rings. The van der Waals surface area contributed by atoms with E-state index in [1.54, 1.807) is 0 Å². The Balaban J connectivity index is 2.60. The van der Waals surface area contributed by atoms with E-state index < -0.39 is 0 Å². The number of carbonyl (C=O) groups excluding carboxylic acids is 1. The average molecular weight is 122 g/mol. The highest BCUT2D eigenvalue weighted by molar-refractivity contribution is 5.81. The fourth-order valence-corrected chi connectivity index (χ4v) is 0.738. The van der Waals surface area contributed by atoms with Crippen LogP contribution < -0.4 is 5.32 Å². The summed E-state index contributed by atoms with van der Waals surface area (Å²) in [5, 5.41) is 10.7. The van der Waals surface area contributed by atoms with Crippen LogP contribution in [0.3, 0.4) is 0 Å². The molecule has 0 saturated carbocycles. The third kappa shape index (κ3) is 1.29. The molecule has 3 heteroatoms. The zero-order valence-corrected chi connectivity index (χ0v) is 4.85. The molecule has 1 heterocycles. The Bertz CT molecular complexity index is 200. The zero-order valence-electron chi connectivity index (χ0n) is 4.85. The van der Waals surface area contributed by atoms with Crippen molar-refractivity contribution in [1.29, 1.82) is 5.26 Å². The Morgan fingerprint density at radius 2 is 2.44 bits per heavy atom. The van der Waals surface area contributed by atoms with E-state index >= 15 is 0 Å². The van der Waals surface area contributed by atoms with Gasteiger partial charge in [0.25, 0.3) is 0 Å². The van der Waals surface area contributed by atoms with E-state index in [4.69, 9.17) is 5.26 Å². The summed E-state index contributed by atoms with van der Waals surface area (Å²) in [4.78, 5) is 10.5. The normalized spacial score (nSPS) is 21.7. The Labute approximate surface area is 53.0 Å². The van der Waals surface area contributed by atoms with Gasteiger partial charge in [0, 0.05) is 18.2 Å². The van der Waals surface area contributed by atoms with Gasteiger partial charge in [0.05, 0.1) is 6.07 Å². The van der Waals surface area contributed by atoms with E-state index in [0.29, 0.717) is 12.8 Å². The average Bonchev–Trinajstić information content (AvgIpc) is 2.17. The van der Waals surface area contributed by atoms with E-state index in [9.17, 15) is 4.79 Å². The van der Waals surface area contributed by atoms with Crippen LogP contribution in [0.15, 0.2) is 11.8 Å². The first-order valence-corrected chi connectivity index (χ1v) is 2.71. The molecule has 0 spiro atoms. The monoisotopic (exact) mass is 122 g/mol. The Hall–Kier alpha value is -1.30. The minimum absolute atomic E-state index is 0.0106. The number of nitriles is 1. The summed E-state index contributed by atoms with van der Waals surface area (Å²) in [7, 11) is 0. The Kier molecular flexibility index (Phi) is 1.50. The number of hydrogen-bond acceptors (Lipinski definition) is 2. The minimum Gasteiger partial charge on any atom is -0.329 e. The van der Waals surface area contributed by atoms with E-state index in [2.05, 4.69) is 5.32 Å². The number of hydrogen-bond donors (Lipinski definition) is 1. The molecule has 0 unspecified atom stereocenters. The number of nitrogens with one attached hydrogen (secondary N) is 1. The quantitative estimate of drug-likeness (QED) is 0.470. The molecule has 1 fully saturated rings. The summed E-state index contributed by atoms with van der Waals surface area (Å²) >= 11 is 0. The molecule has 1 rings (SSSR count). The molecule has 0 aromatic rings. The lowest BCUT2D eigenvalue weighted by Crippen LogP contribution is -2.11. The summed E-state index contributed by atoms with van der Waals surface area (Å²) in [6.07, 6.45) is 2.57. The molecule has 0 bridgehead atoms. The molecule has 0 aromatic heterocycles. The van der Waals surface area contributed by atoms with Crippen molar-refractivity contribution in [3.63, 3.8) is 0 Å². The molecule has 46 valence electrons. The summed E-state index contributed by atoms with van der Waals surface area (Å²) < 4.78 is 0. The molecule has 1 amide bonds. The molecule has 0 aromatic carbocycles. The van der Waals surface area contributed by atoms with Crippen LogP contribution in [0.2, 0.25) is 0 Å². The molecule has 3 nitrogen and oxygen atoms in total. The second kappa shape index (κ2) is 2.31. The fourth-order valence-electron chi connectivity index (χ4n) is 0.738. The fraction of sp³-hybridized carbons (Fsp3) is 0.333.